The second-order valence-corrected chi connectivity index (χ2v) is 1.98. The fourth-order valence-electron chi connectivity index (χ4n) is 0.706. The molecule has 0 unspecified atom stereocenters. The molecule has 0 aromatic heterocycles. The maximum absolute atomic E-state index is 10.6. The van der Waals surface area contributed by atoms with Crippen LogP contribution in [0.5, 0.6) is 0 Å². The number of Topliss-reactive ketones (excluding diaryl/α,β-unsaturated/α-hetero) is 1. The molecule has 1 heterocycles. The van der Waals surface area contributed by atoms with Crippen molar-refractivity contribution in [1.29, 1.82) is 0 Å². The monoisotopic (exact) mass is 179 g/mol. The van der Waals surface area contributed by atoms with Crippen LogP contribution in [0.15, 0.2) is 0 Å². The molecule has 0 atom stereocenters. The summed E-state index contributed by atoms with van der Waals surface area (Å²) in [6.07, 6.45) is 1.35. The summed E-state index contributed by atoms with van der Waals surface area (Å²) in [5, 5.41) is 0. The molecule has 0 aliphatic carbocycles. The van der Waals surface area contributed by atoms with Gasteiger partial charge in [-0.25, -0.2) is 0 Å². The van der Waals surface area contributed by atoms with E-state index in [4.69, 9.17) is 11.1 Å². The summed E-state index contributed by atoms with van der Waals surface area (Å²) in [7, 11) is 0. The summed E-state index contributed by atoms with van der Waals surface area (Å²) in [5.41, 5.74) is 19.3. The van der Waals surface area contributed by atoms with Crippen LogP contribution in [0.4, 0.5) is 0 Å². The molecule has 0 spiro atoms. The van der Waals surface area contributed by atoms with Crippen LogP contribution in [0.2, 0.25) is 0 Å². The van der Waals surface area contributed by atoms with Crippen LogP contribution in [0.1, 0.15) is 12.8 Å². The first-order valence-electron chi connectivity index (χ1n) is 3.27. The number of rotatable bonds is 0. The Morgan fingerprint density at radius 3 is 1.83 bits per heavy atom. The predicted octanol–water partition coefficient (Wildman–Crippen LogP) is -2.69. The number of hydrogen-bond acceptors (Lipinski definition) is 3. The van der Waals surface area contributed by atoms with Crippen LogP contribution >= 0.6 is 0 Å². The van der Waals surface area contributed by atoms with E-state index in [2.05, 4.69) is 10.9 Å². The predicted molar refractivity (Wildman–Crippen MR) is 40.3 cm³/mol. The Balaban J connectivity index is 0. The Kier molecular flexibility index (Phi) is 13.1. The van der Waals surface area contributed by atoms with Crippen LogP contribution in [0, 0.1) is 0 Å². The molecule has 1 aliphatic heterocycles. The molecular weight excluding hydrogens is 169 g/mol. The first-order valence-corrected chi connectivity index (χ1v) is 3.27. The first-order chi connectivity index (χ1) is 5.31. The summed E-state index contributed by atoms with van der Waals surface area (Å²) < 4.78 is 0. The van der Waals surface area contributed by atoms with Crippen molar-refractivity contribution in [1.82, 2.24) is 10.9 Å². The van der Waals surface area contributed by atoms with Crippen LogP contribution < -0.4 is 40.4 Å². The summed E-state index contributed by atoms with van der Waals surface area (Å²) >= 11 is 0. The fourth-order valence-corrected chi connectivity index (χ4v) is 0.706. The average molecular weight is 179 g/mol. The van der Waals surface area contributed by atoms with Gasteiger partial charge in [-0.3, -0.25) is 20.6 Å². The molecule has 1 fully saturated rings. The molecule has 0 amide bonds. The zero-order valence-corrected chi connectivity index (χ0v) is 9.08. The second-order valence-electron chi connectivity index (χ2n) is 1.98. The average Bonchev–Trinajstić information content (AvgIpc) is 2.18. The van der Waals surface area contributed by atoms with E-state index in [9.17, 15) is 4.79 Å². The van der Waals surface area contributed by atoms with E-state index in [0.29, 0.717) is 18.6 Å². The molecule has 0 aromatic rings. The summed E-state index contributed by atoms with van der Waals surface area (Å²) in [4.78, 5) is 12.1. The van der Waals surface area contributed by atoms with Crippen molar-refractivity contribution in [3.05, 3.63) is 16.0 Å². The smallest absolute Gasteiger partial charge is 0.373 e. The van der Waals surface area contributed by atoms with Crippen molar-refractivity contribution in [3.63, 3.8) is 0 Å². The molecule has 1 rings (SSSR count). The molecule has 1 saturated heterocycles. The van der Waals surface area contributed by atoms with Gasteiger partial charge in [-0.15, -0.1) is 0 Å². The minimum Gasteiger partial charge on any atom is -0.373 e. The Bertz CT molecular complexity index is 146. The van der Waals surface area contributed by atoms with Crippen molar-refractivity contribution in [2.45, 2.75) is 12.8 Å². The van der Waals surface area contributed by atoms with Gasteiger partial charge in [0.1, 0.15) is 5.78 Å². The molecule has 0 bridgehead atoms. The summed E-state index contributed by atoms with van der Waals surface area (Å²) in [5.74, 6) is 0.350. The van der Waals surface area contributed by atoms with Gasteiger partial charge in [-0.2, -0.15) is 0 Å². The maximum atomic E-state index is 10.6. The number of nitrogens with one attached hydrogen (secondary N) is 2. The van der Waals surface area contributed by atoms with E-state index in [1.165, 1.54) is 4.91 Å². The van der Waals surface area contributed by atoms with Crippen molar-refractivity contribution in [3.8, 4) is 0 Å². The second kappa shape index (κ2) is 10.9. The van der Waals surface area contributed by atoms with Gasteiger partial charge in [0.05, 0.1) is 0 Å². The van der Waals surface area contributed by atoms with E-state index < -0.39 is 0 Å². The van der Waals surface area contributed by atoms with Crippen LogP contribution in [-0.2, 0) is 4.79 Å². The third-order valence-corrected chi connectivity index (χ3v) is 1.18. The SMILES string of the molecule is O=C1CCNNCC1.[N-]=[N+]=[N-].[Na+]. The summed E-state index contributed by atoms with van der Waals surface area (Å²) in [6.45, 7) is 1.55. The number of carbonyl (C=O) groups is 1. The molecule has 1 aliphatic rings. The molecular formula is C5H10N5NaO. The molecule has 7 heteroatoms. The number of hydrogen-bond donors (Lipinski definition) is 2. The molecule has 2 N–H and O–H groups in total. The van der Waals surface area contributed by atoms with E-state index in [1.807, 2.05) is 0 Å². The molecule has 6 nitrogen and oxygen atoms in total. The molecule has 0 radical (unpaired) electrons. The maximum Gasteiger partial charge on any atom is 1.00 e. The van der Waals surface area contributed by atoms with Gasteiger partial charge in [-0.1, -0.05) is 0 Å². The minimum absolute atomic E-state index is 0. The van der Waals surface area contributed by atoms with E-state index in [-0.39, 0.29) is 29.6 Å². The first kappa shape index (κ1) is 14.4. The number of ketones is 1. The quantitative estimate of drug-likeness (QED) is 0.183. The van der Waals surface area contributed by atoms with Gasteiger partial charge in [0.2, 0.25) is 0 Å². The standard InChI is InChI=1S/C5H10N2O.N3.Na/c8-5-1-3-6-7-4-2-5;1-3-2;/h6-7H,1-4H2;;/q;-1;+1. The van der Waals surface area contributed by atoms with Crippen LogP contribution in [0.3, 0.4) is 0 Å². The van der Waals surface area contributed by atoms with Crippen molar-refractivity contribution in [2.24, 2.45) is 0 Å². The third-order valence-electron chi connectivity index (χ3n) is 1.18. The van der Waals surface area contributed by atoms with E-state index in [0.717, 1.165) is 13.1 Å². The molecule has 0 aromatic carbocycles. The van der Waals surface area contributed by atoms with Crippen LogP contribution in [0.25, 0.3) is 16.0 Å². The van der Waals surface area contributed by atoms with Crippen LogP contribution in [-0.4, -0.2) is 18.9 Å². The van der Waals surface area contributed by atoms with Gasteiger partial charge in [-0.05, 0) is 0 Å². The minimum atomic E-state index is 0. The van der Waals surface area contributed by atoms with E-state index >= 15 is 0 Å². The van der Waals surface area contributed by atoms with Crippen molar-refractivity contribution in [2.75, 3.05) is 13.1 Å². The zero-order chi connectivity index (χ0) is 8.53. The van der Waals surface area contributed by atoms with Gasteiger partial charge >= 0.3 is 29.6 Å². The Morgan fingerprint density at radius 1 is 1.17 bits per heavy atom. The van der Waals surface area contributed by atoms with Gasteiger partial charge in [0.15, 0.2) is 0 Å². The summed E-state index contributed by atoms with van der Waals surface area (Å²) in [6, 6.07) is 0. The topological polar surface area (TPSA) is 99.8 Å². The Hall–Kier alpha value is -0.1000. The normalized spacial score (nSPS) is 15.8. The zero-order valence-electron chi connectivity index (χ0n) is 7.08. The Labute approximate surface area is 92.8 Å². The van der Waals surface area contributed by atoms with Gasteiger partial charge < -0.3 is 11.1 Å². The fraction of sp³-hybridized carbons (Fsp3) is 0.800. The number of hydrazine groups is 1. The van der Waals surface area contributed by atoms with Gasteiger partial charge in [0.25, 0.3) is 0 Å². The van der Waals surface area contributed by atoms with E-state index in [1.54, 1.807) is 0 Å². The Morgan fingerprint density at radius 2 is 1.50 bits per heavy atom. The molecule has 12 heavy (non-hydrogen) atoms. The third kappa shape index (κ3) is 9.90. The van der Waals surface area contributed by atoms with Crippen molar-refractivity contribution >= 4 is 5.78 Å². The number of nitrogens with zero attached hydrogens (tertiary/aromatic N) is 3. The molecule has 0 saturated carbocycles. The number of carbonyl (C=O) groups excluding carboxylic acids is 1. The van der Waals surface area contributed by atoms with Gasteiger partial charge in [0, 0.05) is 25.9 Å². The molecule has 62 valence electrons. The van der Waals surface area contributed by atoms with Crippen molar-refractivity contribution < 1.29 is 34.4 Å². The largest absolute Gasteiger partial charge is 1.00 e.